The van der Waals surface area contributed by atoms with Crippen LogP contribution in [-0.2, 0) is 9.59 Å². The van der Waals surface area contributed by atoms with Crippen LogP contribution in [0.1, 0.15) is 6.92 Å². The first kappa shape index (κ1) is 18.9. The van der Waals surface area contributed by atoms with Crippen molar-refractivity contribution in [3.05, 3.63) is 59.9 Å². The van der Waals surface area contributed by atoms with Crippen molar-refractivity contribution in [3.8, 4) is 5.69 Å². The van der Waals surface area contributed by atoms with Gasteiger partial charge in [-0.1, -0.05) is 35.5 Å². The van der Waals surface area contributed by atoms with E-state index in [9.17, 15) is 9.59 Å². The van der Waals surface area contributed by atoms with Crippen LogP contribution >= 0.6 is 23.4 Å². The van der Waals surface area contributed by atoms with Crippen molar-refractivity contribution < 1.29 is 9.59 Å². The Morgan fingerprint density at radius 1 is 1.11 bits per heavy atom. The predicted octanol–water partition coefficient (Wildman–Crippen LogP) is 3.61. The van der Waals surface area contributed by atoms with Crippen molar-refractivity contribution in [1.29, 1.82) is 0 Å². The first-order valence-corrected chi connectivity index (χ1v) is 9.34. The van der Waals surface area contributed by atoms with Gasteiger partial charge in [0.2, 0.25) is 11.8 Å². The van der Waals surface area contributed by atoms with Crippen LogP contribution in [0.25, 0.3) is 5.69 Å². The summed E-state index contributed by atoms with van der Waals surface area (Å²) >= 11 is 7.29. The minimum atomic E-state index is -0.194. The molecule has 0 unspecified atom stereocenters. The molecule has 0 radical (unpaired) electrons. The monoisotopic (exact) mass is 401 g/mol. The van der Waals surface area contributed by atoms with Crippen molar-refractivity contribution >= 4 is 46.6 Å². The van der Waals surface area contributed by atoms with Gasteiger partial charge in [-0.25, -0.2) is 0 Å². The zero-order chi connectivity index (χ0) is 19.2. The summed E-state index contributed by atoms with van der Waals surface area (Å²) in [7, 11) is 0. The second-order valence-electron chi connectivity index (χ2n) is 5.56. The highest BCUT2D eigenvalue weighted by molar-refractivity contribution is 7.99. The van der Waals surface area contributed by atoms with E-state index >= 15 is 0 Å². The number of aromatic nitrogens is 3. The Bertz CT molecular complexity index is 976. The summed E-state index contributed by atoms with van der Waals surface area (Å²) in [5.41, 5.74) is 2.04. The van der Waals surface area contributed by atoms with Gasteiger partial charge in [0.25, 0.3) is 0 Å². The van der Waals surface area contributed by atoms with E-state index in [1.165, 1.54) is 18.7 Å². The highest BCUT2D eigenvalue weighted by Gasteiger charge is 2.11. The van der Waals surface area contributed by atoms with Gasteiger partial charge < -0.3 is 10.6 Å². The molecule has 0 aliphatic heterocycles. The summed E-state index contributed by atoms with van der Waals surface area (Å²) < 4.78 is 1.77. The molecular formula is C18H16ClN5O2S. The van der Waals surface area contributed by atoms with Gasteiger partial charge in [-0.3, -0.25) is 14.2 Å². The summed E-state index contributed by atoms with van der Waals surface area (Å²) in [5.74, 6) is -0.209. The molecule has 3 rings (SSSR count). The second kappa shape index (κ2) is 8.70. The molecule has 2 aromatic carbocycles. The normalized spacial score (nSPS) is 10.4. The quantitative estimate of drug-likeness (QED) is 0.616. The van der Waals surface area contributed by atoms with Gasteiger partial charge in [-0.2, -0.15) is 0 Å². The first-order valence-electron chi connectivity index (χ1n) is 7.97. The number of anilines is 2. The molecule has 0 saturated heterocycles. The lowest BCUT2D eigenvalue weighted by atomic mass is 10.2. The van der Waals surface area contributed by atoms with E-state index in [1.807, 2.05) is 12.1 Å². The average Bonchev–Trinajstić information content (AvgIpc) is 3.08. The SMILES string of the molecule is CC(=O)Nc1cccc(NC(=O)CSc2nncn2-c2cccc(Cl)c2)c1. The minimum Gasteiger partial charge on any atom is -0.326 e. The predicted molar refractivity (Wildman–Crippen MR) is 106 cm³/mol. The zero-order valence-corrected chi connectivity index (χ0v) is 15.9. The molecule has 0 aliphatic rings. The lowest BCUT2D eigenvalue weighted by molar-refractivity contribution is -0.114. The van der Waals surface area contributed by atoms with E-state index in [4.69, 9.17) is 11.6 Å². The smallest absolute Gasteiger partial charge is 0.234 e. The highest BCUT2D eigenvalue weighted by atomic mass is 35.5. The van der Waals surface area contributed by atoms with Crippen molar-refractivity contribution in [2.24, 2.45) is 0 Å². The first-order chi connectivity index (χ1) is 13.0. The Morgan fingerprint density at radius 2 is 1.85 bits per heavy atom. The average molecular weight is 402 g/mol. The third-order valence-electron chi connectivity index (χ3n) is 3.40. The number of halogens is 1. The molecule has 2 amide bonds. The molecule has 0 saturated carbocycles. The van der Waals surface area contributed by atoms with Crippen molar-refractivity contribution in [2.75, 3.05) is 16.4 Å². The fourth-order valence-electron chi connectivity index (χ4n) is 2.33. The number of hydrogen-bond acceptors (Lipinski definition) is 5. The summed E-state index contributed by atoms with van der Waals surface area (Å²) in [6.07, 6.45) is 1.57. The summed E-state index contributed by atoms with van der Waals surface area (Å²) in [6, 6.07) is 14.2. The number of hydrogen-bond donors (Lipinski definition) is 2. The minimum absolute atomic E-state index is 0.156. The van der Waals surface area contributed by atoms with Crippen LogP contribution < -0.4 is 10.6 Å². The summed E-state index contributed by atoms with van der Waals surface area (Å²) in [5, 5.41) is 14.6. The fourth-order valence-corrected chi connectivity index (χ4v) is 3.24. The van der Waals surface area contributed by atoms with Crippen LogP contribution in [0.4, 0.5) is 11.4 Å². The van der Waals surface area contributed by atoms with Crippen molar-refractivity contribution in [1.82, 2.24) is 14.8 Å². The largest absolute Gasteiger partial charge is 0.326 e. The number of benzene rings is 2. The standard InChI is InChI=1S/C18H16ClN5O2S/c1-12(25)21-14-5-3-6-15(9-14)22-17(26)10-27-18-23-20-11-24(18)16-7-2-4-13(19)8-16/h2-9,11H,10H2,1H3,(H,21,25)(H,22,26). The number of nitrogens with one attached hydrogen (secondary N) is 2. The van der Waals surface area contributed by atoms with Crippen molar-refractivity contribution in [3.63, 3.8) is 0 Å². The van der Waals surface area contributed by atoms with Crippen molar-refractivity contribution in [2.45, 2.75) is 12.1 Å². The van der Waals surface area contributed by atoms with Crippen LogP contribution in [0.2, 0.25) is 5.02 Å². The number of rotatable bonds is 6. The fraction of sp³-hybridized carbons (Fsp3) is 0.111. The maximum Gasteiger partial charge on any atom is 0.234 e. The lowest BCUT2D eigenvalue weighted by Crippen LogP contribution is -2.15. The molecule has 1 heterocycles. The van der Waals surface area contributed by atoms with Gasteiger partial charge in [-0.05, 0) is 36.4 Å². The van der Waals surface area contributed by atoms with E-state index in [2.05, 4.69) is 20.8 Å². The second-order valence-corrected chi connectivity index (χ2v) is 6.94. The molecule has 0 fully saturated rings. The molecule has 138 valence electrons. The molecule has 0 spiro atoms. The Labute approximate surface area is 165 Å². The van der Waals surface area contributed by atoms with Crippen LogP contribution in [0.15, 0.2) is 60.0 Å². The number of amides is 2. The van der Waals surface area contributed by atoms with E-state index in [-0.39, 0.29) is 17.6 Å². The summed E-state index contributed by atoms with van der Waals surface area (Å²) in [6.45, 7) is 1.43. The van der Waals surface area contributed by atoms with E-state index in [0.29, 0.717) is 21.6 Å². The molecule has 1 aromatic heterocycles. The third kappa shape index (κ3) is 5.32. The van der Waals surface area contributed by atoms with Gasteiger partial charge in [0.1, 0.15) is 6.33 Å². The number of thioether (sulfide) groups is 1. The number of carbonyl (C=O) groups is 2. The van der Waals surface area contributed by atoms with Gasteiger partial charge in [0.15, 0.2) is 5.16 Å². The molecule has 9 heteroatoms. The van der Waals surface area contributed by atoms with Gasteiger partial charge in [0, 0.05) is 23.3 Å². The van der Waals surface area contributed by atoms with Crippen LogP contribution in [0, 0.1) is 0 Å². The maximum atomic E-state index is 12.2. The van der Waals surface area contributed by atoms with E-state index < -0.39 is 0 Å². The molecule has 2 N–H and O–H groups in total. The molecule has 27 heavy (non-hydrogen) atoms. The molecule has 3 aromatic rings. The highest BCUT2D eigenvalue weighted by Crippen LogP contribution is 2.22. The topological polar surface area (TPSA) is 88.9 Å². The maximum absolute atomic E-state index is 12.2. The molecule has 0 atom stereocenters. The van der Waals surface area contributed by atoms with Crippen LogP contribution in [0.5, 0.6) is 0 Å². The zero-order valence-electron chi connectivity index (χ0n) is 14.3. The molecule has 0 bridgehead atoms. The van der Waals surface area contributed by atoms with Crippen LogP contribution in [0.3, 0.4) is 0 Å². The Hall–Kier alpha value is -2.84. The Morgan fingerprint density at radius 3 is 2.59 bits per heavy atom. The summed E-state index contributed by atoms with van der Waals surface area (Å²) in [4.78, 5) is 23.4. The number of nitrogens with zero attached hydrogens (tertiary/aromatic N) is 3. The Kier molecular flexibility index (Phi) is 6.10. The molecule has 0 aliphatic carbocycles. The van der Waals surface area contributed by atoms with Gasteiger partial charge in [0.05, 0.1) is 11.4 Å². The Balaban J connectivity index is 1.62. The lowest BCUT2D eigenvalue weighted by Gasteiger charge is -2.08. The van der Waals surface area contributed by atoms with Gasteiger partial charge >= 0.3 is 0 Å². The van der Waals surface area contributed by atoms with Crippen LogP contribution in [-0.4, -0.2) is 32.3 Å². The third-order valence-corrected chi connectivity index (χ3v) is 4.58. The van der Waals surface area contributed by atoms with E-state index in [0.717, 1.165) is 5.69 Å². The van der Waals surface area contributed by atoms with E-state index in [1.54, 1.807) is 47.3 Å². The van der Waals surface area contributed by atoms with Gasteiger partial charge in [-0.15, -0.1) is 10.2 Å². The molecular weight excluding hydrogens is 386 g/mol. The molecule has 7 nitrogen and oxygen atoms in total. The number of carbonyl (C=O) groups excluding carboxylic acids is 2.